The summed E-state index contributed by atoms with van der Waals surface area (Å²) in [6.45, 7) is 0. The normalized spacial score (nSPS) is 13.8. The lowest BCUT2D eigenvalue weighted by Crippen LogP contribution is -2.29. The highest BCUT2D eigenvalue weighted by atomic mass is 32.2. The largest absolute Gasteiger partial charge is 0.373 e. The molecular formula is C15H12F2O2S. The fraction of sp³-hybridized carbons (Fsp3) is 0.133. The van der Waals surface area contributed by atoms with E-state index in [0.717, 1.165) is 17.0 Å². The lowest BCUT2D eigenvalue weighted by Gasteiger charge is -2.23. The molecule has 0 aliphatic carbocycles. The number of rotatable bonds is 4. The summed E-state index contributed by atoms with van der Waals surface area (Å²) in [4.78, 5) is 12.3. The first-order chi connectivity index (χ1) is 9.51. The van der Waals surface area contributed by atoms with Crippen LogP contribution in [0.25, 0.3) is 0 Å². The third-order valence-electron chi connectivity index (χ3n) is 3.06. The number of aliphatic hydroxyl groups is 1. The lowest BCUT2D eigenvalue weighted by molar-refractivity contribution is -0.121. The summed E-state index contributed by atoms with van der Waals surface area (Å²) in [5.41, 5.74) is -1.70. The average molecular weight is 294 g/mol. The van der Waals surface area contributed by atoms with Gasteiger partial charge in [-0.25, -0.2) is 8.78 Å². The highest BCUT2D eigenvalue weighted by Crippen LogP contribution is 2.30. The SMILES string of the molecule is CSc1ccc(C(O)(C=O)c2ccc(F)c(F)c2)cc1. The van der Waals surface area contributed by atoms with Gasteiger partial charge >= 0.3 is 0 Å². The molecule has 0 spiro atoms. The van der Waals surface area contributed by atoms with Gasteiger partial charge in [-0.3, -0.25) is 4.79 Å². The zero-order valence-corrected chi connectivity index (χ0v) is 11.5. The lowest BCUT2D eigenvalue weighted by atomic mass is 9.87. The first kappa shape index (κ1) is 14.7. The van der Waals surface area contributed by atoms with Crippen molar-refractivity contribution in [3.05, 3.63) is 65.2 Å². The molecule has 0 aliphatic heterocycles. The first-order valence-electron chi connectivity index (χ1n) is 5.80. The number of thioether (sulfide) groups is 1. The van der Waals surface area contributed by atoms with Crippen molar-refractivity contribution < 1.29 is 18.7 Å². The third kappa shape index (κ3) is 2.59. The van der Waals surface area contributed by atoms with Crippen LogP contribution in [0, 0.1) is 11.6 Å². The Kier molecular flexibility index (Phi) is 4.20. The van der Waals surface area contributed by atoms with Crippen molar-refractivity contribution in [1.82, 2.24) is 0 Å². The van der Waals surface area contributed by atoms with E-state index in [1.165, 1.54) is 17.8 Å². The summed E-state index contributed by atoms with van der Waals surface area (Å²) in [6.07, 6.45) is 2.21. The third-order valence-corrected chi connectivity index (χ3v) is 3.80. The maximum atomic E-state index is 13.3. The van der Waals surface area contributed by atoms with E-state index in [1.54, 1.807) is 24.3 Å². The molecule has 2 rings (SSSR count). The summed E-state index contributed by atoms with van der Waals surface area (Å²) in [6, 6.07) is 9.56. The van der Waals surface area contributed by atoms with Gasteiger partial charge in [0.15, 0.2) is 23.5 Å². The van der Waals surface area contributed by atoms with Gasteiger partial charge in [-0.2, -0.15) is 0 Å². The second-order valence-electron chi connectivity index (χ2n) is 4.24. The molecule has 0 amide bonds. The Morgan fingerprint density at radius 1 is 1.05 bits per heavy atom. The molecule has 0 saturated carbocycles. The van der Waals surface area contributed by atoms with Crippen LogP contribution in [0.15, 0.2) is 47.4 Å². The first-order valence-corrected chi connectivity index (χ1v) is 7.02. The molecular weight excluding hydrogens is 282 g/mol. The van der Waals surface area contributed by atoms with Crippen LogP contribution >= 0.6 is 11.8 Å². The van der Waals surface area contributed by atoms with Crippen molar-refractivity contribution in [2.24, 2.45) is 0 Å². The number of halogens is 2. The average Bonchev–Trinajstić information content (AvgIpc) is 2.49. The Morgan fingerprint density at radius 2 is 1.65 bits per heavy atom. The Hall–Kier alpha value is -1.72. The fourth-order valence-corrected chi connectivity index (χ4v) is 2.29. The smallest absolute Gasteiger partial charge is 0.170 e. The topological polar surface area (TPSA) is 37.3 Å². The van der Waals surface area contributed by atoms with Crippen molar-refractivity contribution in [3.8, 4) is 0 Å². The molecule has 1 N–H and O–H groups in total. The van der Waals surface area contributed by atoms with E-state index >= 15 is 0 Å². The van der Waals surface area contributed by atoms with Crippen molar-refractivity contribution in [2.45, 2.75) is 10.5 Å². The summed E-state index contributed by atoms with van der Waals surface area (Å²) < 4.78 is 26.2. The van der Waals surface area contributed by atoms with Gasteiger partial charge in [0.1, 0.15) is 0 Å². The minimum Gasteiger partial charge on any atom is -0.373 e. The monoisotopic (exact) mass is 294 g/mol. The van der Waals surface area contributed by atoms with Crippen molar-refractivity contribution >= 4 is 18.0 Å². The predicted molar refractivity (Wildman–Crippen MR) is 73.6 cm³/mol. The van der Waals surface area contributed by atoms with Crippen LogP contribution in [0.3, 0.4) is 0 Å². The molecule has 0 radical (unpaired) electrons. The Bertz CT molecular complexity index is 628. The van der Waals surface area contributed by atoms with Crippen LogP contribution in [-0.4, -0.2) is 17.6 Å². The Balaban J connectivity index is 2.51. The Labute approximate surface area is 119 Å². The zero-order chi connectivity index (χ0) is 14.8. The van der Waals surface area contributed by atoms with Crippen LogP contribution in [-0.2, 0) is 10.4 Å². The standard InChI is InChI=1S/C15H12F2O2S/c1-20-12-5-2-10(3-6-12)15(19,9-18)11-4-7-13(16)14(17)8-11/h2-9,19H,1H3. The van der Waals surface area contributed by atoms with Crippen LogP contribution in [0.2, 0.25) is 0 Å². The summed E-state index contributed by atoms with van der Waals surface area (Å²) in [5.74, 6) is -2.14. The predicted octanol–water partition coefficient (Wildman–Crippen LogP) is 3.12. The van der Waals surface area contributed by atoms with Crippen LogP contribution in [0.1, 0.15) is 11.1 Å². The number of carbonyl (C=O) groups excluding carboxylic acids is 1. The van der Waals surface area contributed by atoms with Gasteiger partial charge in [0.05, 0.1) is 0 Å². The molecule has 2 nitrogen and oxygen atoms in total. The van der Waals surface area contributed by atoms with E-state index < -0.39 is 17.2 Å². The molecule has 0 saturated heterocycles. The molecule has 0 aromatic heterocycles. The van der Waals surface area contributed by atoms with E-state index in [-0.39, 0.29) is 5.56 Å². The molecule has 2 aromatic rings. The summed E-state index contributed by atoms with van der Waals surface area (Å²) in [5, 5.41) is 10.5. The fourth-order valence-electron chi connectivity index (χ4n) is 1.88. The minimum absolute atomic E-state index is 0.0108. The van der Waals surface area contributed by atoms with E-state index in [2.05, 4.69) is 0 Å². The minimum atomic E-state index is -1.99. The molecule has 0 fully saturated rings. The second kappa shape index (κ2) is 5.73. The van der Waals surface area contributed by atoms with E-state index in [1.807, 2.05) is 6.26 Å². The molecule has 2 aromatic carbocycles. The second-order valence-corrected chi connectivity index (χ2v) is 5.12. The number of benzene rings is 2. The highest BCUT2D eigenvalue weighted by molar-refractivity contribution is 7.98. The molecule has 5 heteroatoms. The molecule has 1 unspecified atom stereocenters. The number of carbonyl (C=O) groups is 1. The molecule has 0 aliphatic rings. The van der Waals surface area contributed by atoms with E-state index in [9.17, 15) is 18.7 Å². The highest BCUT2D eigenvalue weighted by Gasteiger charge is 2.32. The van der Waals surface area contributed by atoms with Crippen LogP contribution in [0.4, 0.5) is 8.78 Å². The quantitative estimate of drug-likeness (QED) is 0.695. The van der Waals surface area contributed by atoms with Gasteiger partial charge in [0.25, 0.3) is 0 Å². The van der Waals surface area contributed by atoms with Gasteiger partial charge in [-0.15, -0.1) is 11.8 Å². The van der Waals surface area contributed by atoms with E-state index in [0.29, 0.717) is 11.8 Å². The Morgan fingerprint density at radius 3 is 2.15 bits per heavy atom. The van der Waals surface area contributed by atoms with Crippen LogP contribution < -0.4 is 0 Å². The van der Waals surface area contributed by atoms with Gasteiger partial charge in [-0.05, 0) is 41.6 Å². The summed E-state index contributed by atoms with van der Waals surface area (Å²) in [7, 11) is 0. The number of hydrogen-bond acceptors (Lipinski definition) is 3. The summed E-state index contributed by atoms with van der Waals surface area (Å²) >= 11 is 1.52. The van der Waals surface area contributed by atoms with Gasteiger partial charge in [0.2, 0.25) is 0 Å². The van der Waals surface area contributed by atoms with Crippen LogP contribution in [0.5, 0.6) is 0 Å². The molecule has 104 valence electrons. The maximum absolute atomic E-state index is 13.3. The number of hydrogen-bond donors (Lipinski definition) is 1. The van der Waals surface area contributed by atoms with Crippen molar-refractivity contribution in [1.29, 1.82) is 0 Å². The van der Waals surface area contributed by atoms with Gasteiger partial charge < -0.3 is 5.11 Å². The molecule has 1 atom stereocenters. The molecule has 0 bridgehead atoms. The van der Waals surface area contributed by atoms with Gasteiger partial charge in [-0.1, -0.05) is 18.2 Å². The maximum Gasteiger partial charge on any atom is 0.170 e. The molecule has 0 heterocycles. The molecule has 20 heavy (non-hydrogen) atoms. The van der Waals surface area contributed by atoms with Gasteiger partial charge in [0, 0.05) is 4.90 Å². The number of aldehydes is 1. The van der Waals surface area contributed by atoms with Crippen molar-refractivity contribution in [3.63, 3.8) is 0 Å². The van der Waals surface area contributed by atoms with E-state index in [4.69, 9.17) is 0 Å². The zero-order valence-electron chi connectivity index (χ0n) is 10.6. The van der Waals surface area contributed by atoms with Crippen molar-refractivity contribution in [2.75, 3.05) is 6.26 Å².